The minimum absolute atomic E-state index is 0.00638. The minimum atomic E-state index is -4.10. The Balaban J connectivity index is 1.84. The molecule has 3 aromatic heterocycles. The molecule has 1 fully saturated rings. The Morgan fingerprint density at radius 3 is 2.67 bits per heavy atom. The van der Waals surface area contributed by atoms with Crippen molar-refractivity contribution in [2.45, 2.75) is 42.2 Å². The monoisotopic (exact) mass is 484 g/mol. The number of halogens is 1. The van der Waals surface area contributed by atoms with Gasteiger partial charge in [0.15, 0.2) is 0 Å². The summed E-state index contributed by atoms with van der Waals surface area (Å²) in [5.74, 6) is 0. The molecule has 1 saturated heterocycles. The van der Waals surface area contributed by atoms with Gasteiger partial charge in [-0.15, -0.1) is 0 Å². The van der Waals surface area contributed by atoms with Crippen LogP contribution in [0.2, 0.25) is 5.02 Å². The third-order valence-corrected chi connectivity index (χ3v) is 7.88. The van der Waals surface area contributed by atoms with Crippen molar-refractivity contribution in [3.63, 3.8) is 0 Å². The van der Waals surface area contributed by atoms with Crippen molar-refractivity contribution in [1.82, 2.24) is 14.0 Å². The van der Waals surface area contributed by atoms with Crippen molar-refractivity contribution in [2.75, 3.05) is 6.61 Å². The first-order valence-electron chi connectivity index (χ1n) is 10.5. The molecule has 0 aliphatic carbocycles. The van der Waals surface area contributed by atoms with Crippen molar-refractivity contribution in [2.24, 2.45) is 0 Å². The van der Waals surface area contributed by atoms with E-state index >= 15 is 0 Å². The van der Waals surface area contributed by atoms with Crippen LogP contribution in [0.4, 0.5) is 0 Å². The molecule has 1 atom stereocenters. The highest BCUT2D eigenvalue weighted by atomic mass is 35.5. The minimum Gasteiger partial charge on any atom is -0.376 e. The van der Waals surface area contributed by atoms with Gasteiger partial charge in [-0.05, 0) is 61.7 Å². The molecule has 4 aromatic rings. The molecule has 1 N–H and O–H groups in total. The normalized spacial score (nSPS) is 16.6. The van der Waals surface area contributed by atoms with Gasteiger partial charge in [0.2, 0.25) is 9.84 Å². The van der Waals surface area contributed by atoms with E-state index in [1.54, 1.807) is 12.3 Å². The van der Waals surface area contributed by atoms with Crippen molar-refractivity contribution >= 4 is 38.1 Å². The average Bonchev–Trinajstić information content (AvgIpc) is 3.30. The Labute approximate surface area is 194 Å². The number of sulfone groups is 1. The van der Waals surface area contributed by atoms with Crippen molar-refractivity contribution < 1.29 is 13.2 Å². The van der Waals surface area contributed by atoms with Gasteiger partial charge in [-0.3, -0.25) is 14.6 Å². The number of pyridine rings is 2. The zero-order valence-electron chi connectivity index (χ0n) is 17.8. The maximum absolute atomic E-state index is 13.5. The number of nitrogens with one attached hydrogen (secondary N) is 1. The summed E-state index contributed by atoms with van der Waals surface area (Å²) in [4.78, 5) is 17.8. The van der Waals surface area contributed by atoms with E-state index in [1.807, 2.05) is 13.0 Å². The highest BCUT2D eigenvalue weighted by molar-refractivity contribution is 7.91. The fraction of sp³-hybridized carbons (Fsp3) is 0.261. The zero-order valence-corrected chi connectivity index (χ0v) is 19.4. The quantitative estimate of drug-likeness (QED) is 0.448. The van der Waals surface area contributed by atoms with Crippen LogP contribution in [0.3, 0.4) is 0 Å². The standard InChI is InChI=1S/C23H21ClN4O4S/c1-14-4-9-20-26-22-18(23(29)27(20)12-14)11-19(21(25)28(22)13-16-3-2-10-32-16)33(30,31)17-7-5-15(24)6-8-17/h4-9,11-12,16,25H,2-3,10,13H2,1H3/t16-/m1/s1. The summed E-state index contributed by atoms with van der Waals surface area (Å²) in [5, 5.41) is 9.33. The summed E-state index contributed by atoms with van der Waals surface area (Å²) in [6.07, 6.45) is 3.15. The van der Waals surface area contributed by atoms with Crippen LogP contribution < -0.4 is 11.0 Å². The van der Waals surface area contributed by atoms with Gasteiger partial charge in [0, 0.05) is 17.8 Å². The van der Waals surface area contributed by atoms with Gasteiger partial charge < -0.3 is 9.30 Å². The SMILES string of the molecule is Cc1ccc2nc3c(cc(S(=O)(=O)c4ccc(Cl)cc4)c(=N)n3C[C@H]3CCCO3)c(=O)n2c1. The molecule has 33 heavy (non-hydrogen) atoms. The van der Waals surface area contributed by atoms with Gasteiger partial charge in [-0.2, -0.15) is 0 Å². The molecule has 10 heteroatoms. The first kappa shape index (κ1) is 21.8. The summed E-state index contributed by atoms with van der Waals surface area (Å²) in [6.45, 7) is 2.70. The average molecular weight is 485 g/mol. The second-order valence-electron chi connectivity index (χ2n) is 8.15. The lowest BCUT2D eigenvalue weighted by Gasteiger charge is -2.18. The topological polar surface area (TPSA) is 107 Å². The number of aryl methyl sites for hydroxylation is 1. The van der Waals surface area contributed by atoms with Gasteiger partial charge in [0.05, 0.1) is 22.9 Å². The number of aromatic nitrogens is 3. The maximum Gasteiger partial charge on any atom is 0.267 e. The number of fused-ring (bicyclic) bond motifs is 2. The van der Waals surface area contributed by atoms with E-state index in [0.717, 1.165) is 18.4 Å². The molecule has 0 bridgehead atoms. The first-order chi connectivity index (χ1) is 15.8. The van der Waals surface area contributed by atoms with E-state index in [0.29, 0.717) is 17.3 Å². The summed E-state index contributed by atoms with van der Waals surface area (Å²) in [5.41, 5.74) is 0.916. The Morgan fingerprint density at radius 1 is 1.21 bits per heavy atom. The van der Waals surface area contributed by atoms with Gasteiger partial charge in [-0.1, -0.05) is 17.7 Å². The zero-order chi connectivity index (χ0) is 23.3. The second-order valence-corrected chi connectivity index (χ2v) is 10.5. The Bertz CT molecular complexity index is 1620. The molecule has 1 aliphatic rings. The van der Waals surface area contributed by atoms with Gasteiger partial charge in [0.25, 0.3) is 5.56 Å². The third kappa shape index (κ3) is 3.76. The molecule has 0 unspecified atom stereocenters. The van der Waals surface area contributed by atoms with E-state index in [9.17, 15) is 13.2 Å². The molecular weight excluding hydrogens is 464 g/mol. The van der Waals surface area contributed by atoms with Crippen LogP contribution in [-0.2, 0) is 21.1 Å². The smallest absolute Gasteiger partial charge is 0.267 e. The number of nitrogens with zero attached hydrogens (tertiary/aromatic N) is 3. The van der Waals surface area contributed by atoms with Crippen molar-refractivity contribution in [1.29, 1.82) is 5.41 Å². The molecule has 0 spiro atoms. The fourth-order valence-corrected chi connectivity index (χ4v) is 5.64. The molecule has 8 nitrogen and oxygen atoms in total. The van der Waals surface area contributed by atoms with Crippen LogP contribution in [0.1, 0.15) is 18.4 Å². The highest BCUT2D eigenvalue weighted by Crippen LogP contribution is 2.23. The lowest BCUT2D eigenvalue weighted by molar-refractivity contribution is 0.0965. The van der Waals surface area contributed by atoms with E-state index in [2.05, 4.69) is 4.98 Å². The van der Waals surface area contributed by atoms with Crippen molar-refractivity contribution in [3.8, 4) is 0 Å². The molecule has 0 saturated carbocycles. The van der Waals surface area contributed by atoms with E-state index in [1.165, 1.54) is 39.3 Å². The number of rotatable bonds is 4. The first-order valence-corrected chi connectivity index (χ1v) is 12.4. The predicted octanol–water partition coefficient (Wildman–Crippen LogP) is 3.10. The van der Waals surface area contributed by atoms with E-state index in [-0.39, 0.29) is 39.0 Å². The number of ether oxygens (including phenoxy) is 1. The molecule has 1 aliphatic heterocycles. The highest BCUT2D eigenvalue weighted by Gasteiger charge is 2.26. The largest absolute Gasteiger partial charge is 0.376 e. The Morgan fingerprint density at radius 2 is 1.97 bits per heavy atom. The summed E-state index contributed by atoms with van der Waals surface area (Å²) in [7, 11) is -4.10. The van der Waals surface area contributed by atoms with Crippen LogP contribution in [0, 0.1) is 12.3 Å². The van der Waals surface area contributed by atoms with Crippen LogP contribution in [0.15, 0.2) is 63.2 Å². The van der Waals surface area contributed by atoms with E-state index in [4.69, 9.17) is 21.7 Å². The van der Waals surface area contributed by atoms with Crippen LogP contribution in [0.5, 0.6) is 0 Å². The molecule has 1 aromatic carbocycles. The van der Waals surface area contributed by atoms with Crippen LogP contribution in [-0.4, -0.2) is 35.1 Å². The Hall–Kier alpha value is -3.01. The van der Waals surface area contributed by atoms with Crippen LogP contribution >= 0.6 is 11.6 Å². The van der Waals surface area contributed by atoms with Gasteiger partial charge in [-0.25, -0.2) is 13.4 Å². The second kappa shape index (κ2) is 8.09. The number of benzene rings is 1. The summed E-state index contributed by atoms with van der Waals surface area (Å²) in [6, 6.07) is 10.6. The lowest BCUT2D eigenvalue weighted by Crippen LogP contribution is -2.33. The fourth-order valence-electron chi connectivity index (χ4n) is 4.13. The summed E-state index contributed by atoms with van der Waals surface area (Å²) >= 11 is 5.92. The molecule has 170 valence electrons. The lowest BCUT2D eigenvalue weighted by atomic mass is 10.2. The molecular formula is C23H21ClN4O4S. The third-order valence-electron chi connectivity index (χ3n) is 5.84. The van der Waals surface area contributed by atoms with Crippen LogP contribution in [0.25, 0.3) is 16.7 Å². The van der Waals surface area contributed by atoms with Crippen molar-refractivity contribution in [3.05, 3.63) is 75.1 Å². The van der Waals surface area contributed by atoms with E-state index < -0.39 is 15.4 Å². The van der Waals surface area contributed by atoms with Gasteiger partial charge in [0.1, 0.15) is 21.7 Å². The number of hydrogen-bond donors (Lipinski definition) is 1. The molecule has 0 amide bonds. The predicted molar refractivity (Wildman–Crippen MR) is 123 cm³/mol. The molecule has 0 radical (unpaired) electrons. The maximum atomic E-state index is 13.5. The Kier molecular flexibility index (Phi) is 5.35. The number of hydrogen-bond acceptors (Lipinski definition) is 6. The molecule has 4 heterocycles. The molecule has 5 rings (SSSR count). The summed E-state index contributed by atoms with van der Waals surface area (Å²) < 4.78 is 35.6. The van der Waals surface area contributed by atoms with Gasteiger partial charge >= 0.3 is 0 Å².